The number of rotatable bonds is 8. The minimum Gasteiger partial charge on any atom is -0.320 e. The summed E-state index contributed by atoms with van der Waals surface area (Å²) in [5, 5.41) is 9.69. The number of halogens is 5. The van der Waals surface area contributed by atoms with Crippen LogP contribution in [0.2, 0.25) is 0 Å². The predicted molar refractivity (Wildman–Crippen MR) is 117 cm³/mol. The zero-order chi connectivity index (χ0) is 25.3. The van der Waals surface area contributed by atoms with E-state index in [9.17, 15) is 23.2 Å². The van der Waals surface area contributed by atoms with Crippen LogP contribution in [0.25, 0.3) is 11.1 Å². The summed E-state index contributed by atoms with van der Waals surface area (Å²) in [4.78, 5) is 13.7. The molecule has 1 fully saturated rings. The fourth-order valence-corrected chi connectivity index (χ4v) is 4.06. The molecule has 0 saturated heterocycles. The van der Waals surface area contributed by atoms with Crippen molar-refractivity contribution in [3.63, 3.8) is 0 Å². The Kier molecular flexibility index (Phi) is 7.04. The molecule has 2 aromatic rings. The standard InChI is InChI=1S/C25H26F5N3O/c1-16(2)14-20(32)22(34)33(23(15-31)12-13-23)21(24(26,27)25(28,29)30)19-10-8-18(9-11-19)17-6-4-3-5-7-17/h3-11,16,20-21H,12-14,32H2,1-2H3/t20-,21-/m0/s1. The molecule has 1 saturated carbocycles. The Hall–Kier alpha value is -2.99. The number of carbonyl (C=O) groups excluding carboxylic acids is 1. The highest BCUT2D eigenvalue weighted by atomic mass is 19.4. The zero-order valence-corrected chi connectivity index (χ0v) is 18.8. The summed E-state index contributed by atoms with van der Waals surface area (Å²) in [6.07, 6.45) is -5.89. The largest absolute Gasteiger partial charge is 0.455 e. The lowest BCUT2D eigenvalue weighted by Gasteiger charge is -2.41. The summed E-state index contributed by atoms with van der Waals surface area (Å²) >= 11 is 0. The van der Waals surface area contributed by atoms with Gasteiger partial charge in [-0.25, -0.2) is 0 Å². The lowest BCUT2D eigenvalue weighted by molar-refractivity contribution is -0.305. The molecule has 0 unspecified atom stereocenters. The molecule has 2 aromatic carbocycles. The summed E-state index contributed by atoms with van der Waals surface area (Å²) in [5.74, 6) is -6.51. The van der Waals surface area contributed by atoms with E-state index in [4.69, 9.17) is 5.73 Å². The molecule has 0 heterocycles. The highest BCUT2D eigenvalue weighted by Gasteiger charge is 2.69. The van der Waals surface area contributed by atoms with E-state index in [1.54, 1.807) is 50.2 Å². The van der Waals surface area contributed by atoms with E-state index in [0.717, 1.165) is 17.7 Å². The number of alkyl halides is 5. The molecule has 0 spiro atoms. The monoisotopic (exact) mass is 479 g/mol. The molecule has 0 bridgehead atoms. The summed E-state index contributed by atoms with van der Waals surface area (Å²) in [7, 11) is 0. The van der Waals surface area contributed by atoms with E-state index in [0.29, 0.717) is 10.5 Å². The Balaban J connectivity index is 2.14. The minimum absolute atomic E-state index is 0.00380. The molecular weight excluding hydrogens is 453 g/mol. The van der Waals surface area contributed by atoms with Crippen LogP contribution in [0.3, 0.4) is 0 Å². The van der Waals surface area contributed by atoms with E-state index in [2.05, 4.69) is 0 Å². The maximum Gasteiger partial charge on any atom is 0.455 e. The number of nitrogens with zero attached hydrogens (tertiary/aromatic N) is 2. The van der Waals surface area contributed by atoms with Crippen LogP contribution in [0.15, 0.2) is 54.6 Å². The van der Waals surface area contributed by atoms with Gasteiger partial charge in [0.25, 0.3) is 0 Å². The summed E-state index contributed by atoms with van der Waals surface area (Å²) in [6.45, 7) is 3.50. The first-order valence-corrected chi connectivity index (χ1v) is 10.9. The molecule has 34 heavy (non-hydrogen) atoms. The second-order valence-corrected chi connectivity index (χ2v) is 9.10. The molecule has 2 atom stereocenters. The molecule has 1 aliphatic carbocycles. The van der Waals surface area contributed by atoms with Crippen LogP contribution >= 0.6 is 0 Å². The van der Waals surface area contributed by atoms with Gasteiger partial charge in [0.1, 0.15) is 11.6 Å². The second kappa shape index (κ2) is 9.34. The van der Waals surface area contributed by atoms with Crippen LogP contribution in [-0.4, -0.2) is 34.5 Å². The molecule has 4 nitrogen and oxygen atoms in total. The predicted octanol–water partition coefficient (Wildman–Crippen LogP) is 5.85. The molecule has 0 radical (unpaired) electrons. The highest BCUT2D eigenvalue weighted by molar-refractivity contribution is 5.84. The molecule has 0 aromatic heterocycles. The lowest BCUT2D eigenvalue weighted by atomic mass is 9.92. The van der Waals surface area contributed by atoms with E-state index >= 15 is 8.78 Å². The fourth-order valence-electron chi connectivity index (χ4n) is 4.06. The molecule has 1 aliphatic rings. The number of benzene rings is 2. The van der Waals surface area contributed by atoms with Crippen molar-refractivity contribution in [3.8, 4) is 17.2 Å². The summed E-state index contributed by atoms with van der Waals surface area (Å²) in [6, 6.07) is 11.8. The van der Waals surface area contributed by atoms with Gasteiger partial charge >= 0.3 is 12.1 Å². The van der Waals surface area contributed by atoms with Crippen LogP contribution in [0.1, 0.15) is 44.7 Å². The van der Waals surface area contributed by atoms with Crippen molar-refractivity contribution in [2.45, 2.75) is 62.8 Å². The van der Waals surface area contributed by atoms with Crippen LogP contribution in [0, 0.1) is 17.2 Å². The summed E-state index contributed by atoms with van der Waals surface area (Å²) < 4.78 is 71.1. The van der Waals surface area contributed by atoms with Crippen LogP contribution in [0.5, 0.6) is 0 Å². The minimum atomic E-state index is -5.96. The average molecular weight is 479 g/mol. The van der Waals surface area contributed by atoms with E-state index in [1.165, 1.54) is 12.1 Å². The molecule has 3 rings (SSSR count). The zero-order valence-electron chi connectivity index (χ0n) is 18.8. The maximum atomic E-state index is 15.1. The molecule has 2 N–H and O–H groups in total. The maximum absolute atomic E-state index is 15.1. The van der Waals surface area contributed by atoms with Crippen molar-refractivity contribution in [2.75, 3.05) is 0 Å². The van der Waals surface area contributed by atoms with Crippen LogP contribution in [0.4, 0.5) is 22.0 Å². The van der Waals surface area contributed by atoms with Gasteiger partial charge < -0.3 is 10.6 Å². The number of nitrogens with two attached hydrogens (primary N) is 1. The van der Waals surface area contributed by atoms with Gasteiger partial charge in [-0.2, -0.15) is 27.2 Å². The molecule has 182 valence electrons. The third-order valence-corrected chi connectivity index (χ3v) is 5.99. The number of nitriles is 1. The van der Waals surface area contributed by atoms with Crippen molar-refractivity contribution in [3.05, 3.63) is 60.2 Å². The van der Waals surface area contributed by atoms with Crippen LogP contribution < -0.4 is 5.73 Å². The Morgan fingerprint density at radius 1 is 1.03 bits per heavy atom. The fraction of sp³-hybridized carbons (Fsp3) is 0.440. The summed E-state index contributed by atoms with van der Waals surface area (Å²) in [5.41, 5.74) is 5.11. The van der Waals surface area contributed by atoms with Crippen molar-refractivity contribution >= 4 is 5.91 Å². The number of hydrogen-bond acceptors (Lipinski definition) is 3. The molecule has 9 heteroatoms. The van der Waals surface area contributed by atoms with Gasteiger partial charge in [0.15, 0.2) is 0 Å². The number of hydrogen-bond donors (Lipinski definition) is 1. The van der Waals surface area contributed by atoms with Gasteiger partial charge in [-0.1, -0.05) is 68.4 Å². The first-order valence-electron chi connectivity index (χ1n) is 10.9. The third-order valence-electron chi connectivity index (χ3n) is 5.99. The van der Waals surface area contributed by atoms with Crippen molar-refractivity contribution in [1.82, 2.24) is 4.90 Å². The van der Waals surface area contributed by atoms with Crippen molar-refractivity contribution < 1.29 is 26.7 Å². The molecular formula is C25H26F5N3O. The molecule has 1 amide bonds. The Bertz CT molecular complexity index is 1040. The van der Waals surface area contributed by atoms with Gasteiger partial charge in [-0.15, -0.1) is 0 Å². The highest BCUT2D eigenvalue weighted by Crippen LogP contribution is 2.54. The van der Waals surface area contributed by atoms with Gasteiger partial charge in [0.2, 0.25) is 5.91 Å². The lowest BCUT2D eigenvalue weighted by Crippen LogP contribution is -2.58. The van der Waals surface area contributed by atoms with E-state index in [-0.39, 0.29) is 25.2 Å². The molecule has 0 aliphatic heterocycles. The van der Waals surface area contributed by atoms with E-state index in [1.807, 2.05) is 0 Å². The quantitative estimate of drug-likeness (QED) is 0.483. The number of amides is 1. The topological polar surface area (TPSA) is 70.1 Å². The van der Waals surface area contributed by atoms with Gasteiger partial charge in [-0.3, -0.25) is 4.79 Å². The first kappa shape index (κ1) is 25.6. The van der Waals surface area contributed by atoms with Crippen LogP contribution in [-0.2, 0) is 4.79 Å². The van der Waals surface area contributed by atoms with Gasteiger partial charge in [0, 0.05) is 0 Å². The average Bonchev–Trinajstić information content (AvgIpc) is 3.57. The SMILES string of the molecule is CC(C)C[C@H](N)C(=O)N([C@@H](c1ccc(-c2ccccc2)cc1)C(F)(F)C(F)(F)F)C1(C#N)CC1. The smallest absolute Gasteiger partial charge is 0.320 e. The normalized spacial score (nSPS) is 17.1. The Morgan fingerprint density at radius 3 is 2.00 bits per heavy atom. The first-order chi connectivity index (χ1) is 15.8. The van der Waals surface area contributed by atoms with Gasteiger partial charge in [-0.05, 0) is 41.9 Å². The van der Waals surface area contributed by atoms with Crippen molar-refractivity contribution in [1.29, 1.82) is 5.26 Å². The third kappa shape index (κ3) is 4.92. The van der Waals surface area contributed by atoms with Crippen molar-refractivity contribution in [2.24, 2.45) is 11.7 Å². The Labute approximate surface area is 195 Å². The van der Waals surface area contributed by atoms with E-state index < -0.39 is 41.2 Å². The Morgan fingerprint density at radius 2 is 1.56 bits per heavy atom. The number of carbonyl (C=O) groups is 1. The van der Waals surface area contributed by atoms with Gasteiger partial charge in [0.05, 0.1) is 12.1 Å². The second-order valence-electron chi connectivity index (χ2n) is 9.10.